The molecule has 0 aliphatic carbocycles. The Labute approximate surface area is 141 Å². The highest BCUT2D eigenvalue weighted by atomic mass is 32.2. The summed E-state index contributed by atoms with van der Waals surface area (Å²) in [5, 5.41) is 14.2. The first-order valence-corrected chi connectivity index (χ1v) is 8.19. The van der Waals surface area contributed by atoms with Gasteiger partial charge < -0.3 is 5.32 Å². The molecule has 24 heavy (non-hydrogen) atoms. The third-order valence-electron chi connectivity index (χ3n) is 3.78. The molecule has 124 valence electrons. The van der Waals surface area contributed by atoms with Crippen LogP contribution < -0.4 is 10.9 Å². The summed E-state index contributed by atoms with van der Waals surface area (Å²) in [5.41, 5.74) is 0.858. The van der Waals surface area contributed by atoms with Crippen LogP contribution in [-0.4, -0.2) is 26.1 Å². The average molecular weight is 346 g/mol. The van der Waals surface area contributed by atoms with E-state index in [9.17, 15) is 19.7 Å². The number of anilines is 1. The lowest BCUT2D eigenvalue weighted by Gasteiger charge is -2.24. The Hall–Kier alpha value is -2.68. The topological polar surface area (TPSA) is 107 Å². The highest BCUT2D eigenvalue weighted by Gasteiger charge is 2.27. The fourth-order valence-electron chi connectivity index (χ4n) is 2.40. The highest BCUT2D eigenvalue weighted by molar-refractivity contribution is 7.99. The van der Waals surface area contributed by atoms with Crippen LogP contribution in [0.5, 0.6) is 0 Å². The second-order valence-corrected chi connectivity index (χ2v) is 6.42. The summed E-state index contributed by atoms with van der Waals surface area (Å²) in [7, 11) is 0. The first-order valence-electron chi connectivity index (χ1n) is 7.20. The molecule has 1 aromatic carbocycles. The molecule has 0 spiro atoms. The van der Waals surface area contributed by atoms with E-state index < -0.39 is 10.8 Å². The summed E-state index contributed by atoms with van der Waals surface area (Å²) in [4.78, 5) is 38.8. The molecule has 8 nitrogen and oxygen atoms in total. The maximum Gasteiger partial charge on any atom is 0.271 e. The van der Waals surface area contributed by atoms with E-state index in [1.807, 2.05) is 0 Å². The third-order valence-corrected chi connectivity index (χ3v) is 4.93. The number of nitro benzene ring substituents is 1. The second-order valence-electron chi connectivity index (χ2n) is 5.43. The average Bonchev–Trinajstić information content (AvgIpc) is 2.56. The van der Waals surface area contributed by atoms with Crippen LogP contribution in [0.1, 0.15) is 5.56 Å². The molecule has 1 atom stereocenters. The van der Waals surface area contributed by atoms with E-state index in [0.29, 0.717) is 16.6 Å². The molecule has 1 aliphatic heterocycles. The van der Waals surface area contributed by atoms with Crippen LogP contribution in [0.3, 0.4) is 0 Å². The molecule has 1 aromatic heterocycles. The Kier molecular flexibility index (Phi) is 4.34. The number of fused-ring (bicyclic) bond motifs is 1. The first-order chi connectivity index (χ1) is 11.5. The van der Waals surface area contributed by atoms with E-state index in [0.717, 1.165) is 5.56 Å². The Bertz CT molecular complexity index is 880. The summed E-state index contributed by atoms with van der Waals surface area (Å²) in [5.74, 6) is -0.188. The van der Waals surface area contributed by atoms with E-state index >= 15 is 0 Å². The van der Waals surface area contributed by atoms with Crippen molar-refractivity contribution in [2.75, 3.05) is 11.1 Å². The fourth-order valence-corrected chi connectivity index (χ4v) is 3.46. The number of carbonyl (C=O) groups is 1. The maximum absolute atomic E-state index is 12.5. The molecule has 3 rings (SSSR count). The molecule has 2 heterocycles. The summed E-state index contributed by atoms with van der Waals surface area (Å²) in [6.07, 6.45) is 1.45. The molecule has 0 radical (unpaired) electrons. The number of thioether (sulfide) groups is 1. The van der Waals surface area contributed by atoms with Gasteiger partial charge in [-0.3, -0.25) is 24.3 Å². The molecule has 0 bridgehead atoms. The van der Waals surface area contributed by atoms with Crippen molar-refractivity contribution in [1.82, 2.24) is 9.55 Å². The minimum absolute atomic E-state index is 0.0836. The zero-order valence-electron chi connectivity index (χ0n) is 12.8. The van der Waals surface area contributed by atoms with Crippen molar-refractivity contribution in [2.45, 2.75) is 18.6 Å². The van der Waals surface area contributed by atoms with Gasteiger partial charge in [0.15, 0.2) is 5.16 Å². The Balaban J connectivity index is 1.79. The molecule has 2 aromatic rings. The predicted molar refractivity (Wildman–Crippen MR) is 89.2 cm³/mol. The summed E-state index contributed by atoms with van der Waals surface area (Å²) >= 11 is 1.34. The van der Waals surface area contributed by atoms with Crippen molar-refractivity contribution in [1.29, 1.82) is 0 Å². The lowest BCUT2D eigenvalue weighted by molar-refractivity contribution is -0.384. The van der Waals surface area contributed by atoms with Crippen LogP contribution in [0.4, 0.5) is 11.4 Å². The van der Waals surface area contributed by atoms with Gasteiger partial charge in [0.1, 0.15) is 0 Å². The number of amides is 1. The van der Waals surface area contributed by atoms with Crippen molar-refractivity contribution in [3.8, 4) is 0 Å². The third kappa shape index (κ3) is 3.16. The number of nitrogens with one attached hydrogen (secondary N) is 1. The Morgan fingerprint density at radius 3 is 3.00 bits per heavy atom. The van der Waals surface area contributed by atoms with Gasteiger partial charge in [-0.05, 0) is 12.5 Å². The molecule has 1 amide bonds. The van der Waals surface area contributed by atoms with Crippen molar-refractivity contribution in [2.24, 2.45) is 5.92 Å². The van der Waals surface area contributed by atoms with E-state index in [1.54, 1.807) is 13.0 Å². The van der Waals surface area contributed by atoms with Crippen LogP contribution in [0, 0.1) is 23.0 Å². The van der Waals surface area contributed by atoms with Gasteiger partial charge >= 0.3 is 0 Å². The zero-order valence-corrected chi connectivity index (χ0v) is 13.6. The quantitative estimate of drug-likeness (QED) is 0.516. The molecule has 1 N–H and O–H groups in total. The number of hydrogen-bond donors (Lipinski definition) is 1. The van der Waals surface area contributed by atoms with Crippen LogP contribution in [0.15, 0.2) is 40.4 Å². The van der Waals surface area contributed by atoms with Crippen LogP contribution in [0.2, 0.25) is 0 Å². The number of hydrogen-bond acceptors (Lipinski definition) is 6. The summed E-state index contributed by atoms with van der Waals surface area (Å²) < 4.78 is 1.47. The largest absolute Gasteiger partial charge is 0.325 e. The molecule has 0 saturated heterocycles. The lowest BCUT2D eigenvalue weighted by atomic mass is 10.1. The number of benzene rings is 1. The standard InChI is InChI=1S/C15H14N4O4S/c1-9-2-3-11(19(22)23)6-12(9)17-14(21)10-7-18-13(20)4-5-16-15(18)24-8-10/h2-6,10H,7-8H2,1H3,(H,17,21). The van der Waals surface area contributed by atoms with Crippen molar-refractivity contribution in [3.05, 3.63) is 56.5 Å². The normalized spacial score (nSPS) is 16.3. The highest BCUT2D eigenvalue weighted by Crippen LogP contribution is 2.27. The molecule has 0 fully saturated rings. The van der Waals surface area contributed by atoms with E-state index in [-0.39, 0.29) is 23.7 Å². The van der Waals surface area contributed by atoms with Crippen LogP contribution in [0.25, 0.3) is 0 Å². The number of carbonyl (C=O) groups excluding carboxylic acids is 1. The maximum atomic E-state index is 12.5. The lowest BCUT2D eigenvalue weighted by Crippen LogP contribution is -2.36. The van der Waals surface area contributed by atoms with Crippen molar-refractivity contribution < 1.29 is 9.72 Å². The molecule has 9 heteroatoms. The smallest absolute Gasteiger partial charge is 0.271 e. The van der Waals surface area contributed by atoms with E-state index in [1.165, 1.54) is 40.7 Å². The number of nitro groups is 1. The van der Waals surface area contributed by atoms with Gasteiger partial charge in [-0.15, -0.1) is 0 Å². The number of aromatic nitrogens is 2. The summed E-state index contributed by atoms with van der Waals surface area (Å²) in [6, 6.07) is 5.68. The van der Waals surface area contributed by atoms with Crippen LogP contribution in [-0.2, 0) is 11.3 Å². The van der Waals surface area contributed by atoms with Crippen molar-refractivity contribution >= 4 is 29.0 Å². The fraction of sp³-hybridized carbons (Fsp3) is 0.267. The van der Waals surface area contributed by atoms with E-state index in [2.05, 4.69) is 10.3 Å². The molecule has 0 saturated carbocycles. The zero-order chi connectivity index (χ0) is 17.3. The van der Waals surface area contributed by atoms with Gasteiger partial charge in [0.2, 0.25) is 5.91 Å². The molecule has 1 aliphatic rings. The Morgan fingerprint density at radius 1 is 1.46 bits per heavy atom. The van der Waals surface area contributed by atoms with Crippen LogP contribution >= 0.6 is 11.8 Å². The Morgan fingerprint density at radius 2 is 2.25 bits per heavy atom. The van der Waals surface area contributed by atoms with Crippen molar-refractivity contribution in [3.63, 3.8) is 0 Å². The first kappa shape index (κ1) is 16.2. The SMILES string of the molecule is Cc1ccc([N+](=O)[O-])cc1NC(=O)C1CSc2nccc(=O)n2C1. The summed E-state index contributed by atoms with van der Waals surface area (Å²) in [6.45, 7) is 2.01. The minimum atomic E-state index is -0.507. The molecular formula is C15H14N4O4S. The minimum Gasteiger partial charge on any atom is -0.325 e. The van der Waals surface area contributed by atoms with Gasteiger partial charge in [0.25, 0.3) is 11.2 Å². The second kappa shape index (κ2) is 6.44. The van der Waals surface area contributed by atoms with E-state index in [4.69, 9.17) is 0 Å². The van der Waals surface area contributed by atoms with Gasteiger partial charge in [-0.1, -0.05) is 17.8 Å². The van der Waals surface area contributed by atoms with Gasteiger partial charge in [0.05, 0.1) is 16.5 Å². The van der Waals surface area contributed by atoms with Gasteiger partial charge in [-0.2, -0.15) is 0 Å². The van der Waals surface area contributed by atoms with Gasteiger partial charge in [-0.25, -0.2) is 4.98 Å². The number of aryl methyl sites for hydroxylation is 1. The monoisotopic (exact) mass is 346 g/mol. The molecule has 1 unspecified atom stereocenters. The number of non-ortho nitro benzene ring substituents is 1. The number of rotatable bonds is 3. The predicted octanol–water partition coefficient (Wildman–Crippen LogP) is 1.82. The molecular weight excluding hydrogens is 332 g/mol. The number of nitrogens with zero attached hydrogens (tertiary/aromatic N) is 3. The van der Waals surface area contributed by atoms with Gasteiger partial charge in [0, 0.05) is 36.7 Å².